The number of aromatic nitrogens is 3. The van der Waals surface area contributed by atoms with E-state index in [2.05, 4.69) is 83.7 Å². The molecular weight excluding hydrogens is 1270 g/mol. The zero-order valence-corrected chi connectivity index (χ0v) is 55.2. The predicted octanol–water partition coefficient (Wildman–Crippen LogP) is -7.10. The first kappa shape index (κ1) is 80.9. The van der Waals surface area contributed by atoms with Crippen molar-refractivity contribution in [3.05, 3.63) is 54.2 Å². The third kappa shape index (κ3) is 28.3. The molecule has 3 aromatic rings. The number of guanidine groups is 1. The summed E-state index contributed by atoms with van der Waals surface area (Å²) in [5.74, 6) is -15.8. The molecule has 13 amide bonds. The normalized spacial score (nSPS) is 14.6. The number of carboxylic acids is 1. The SMILES string of the molecule is CC(=O)N[C@@H](Cc1cnc[nH]1)C(=O)N[C@@H](Cc1c[nH]c2ccccc12)C(=O)N[C@@H](CCCN=C(N)N)C(=O)NCC(=O)N[C@@H](CC(C)C)C(=O)N[C@@H](CC(=O)O)C(=O)N[C@H](C(=O)N[C@@H](CO)C(=O)N[C@@H](CC(C)C)C(=O)NCC(=O)N[C@@H](CO)C(=O)N[C@H](C(N)=O)C(C)C)[C@@H](C)O. The molecule has 1 aromatic carbocycles. The van der Waals surface area contributed by atoms with Crippen molar-refractivity contribution in [3.63, 3.8) is 0 Å². The monoisotopic (exact) mass is 1370 g/mol. The van der Waals surface area contributed by atoms with E-state index < -0.39 is 188 Å². The number of aromatic amines is 2. The Morgan fingerprint density at radius 3 is 1.55 bits per heavy atom. The lowest BCUT2D eigenvalue weighted by Gasteiger charge is -2.28. The van der Waals surface area contributed by atoms with Gasteiger partial charge in [-0.05, 0) is 62.0 Å². The van der Waals surface area contributed by atoms with Crippen LogP contribution >= 0.6 is 0 Å². The van der Waals surface area contributed by atoms with Crippen LogP contribution in [0.3, 0.4) is 0 Å². The number of carboxylic acid groups (broad SMARTS) is 1. The summed E-state index contributed by atoms with van der Waals surface area (Å²) in [4.78, 5) is 200. The van der Waals surface area contributed by atoms with Gasteiger partial charge in [0.2, 0.25) is 76.8 Å². The topological polar surface area (TPSA) is 599 Å². The first-order valence-corrected chi connectivity index (χ1v) is 31.2. The van der Waals surface area contributed by atoms with E-state index in [1.807, 2.05) is 0 Å². The van der Waals surface area contributed by atoms with Gasteiger partial charge in [0.25, 0.3) is 0 Å². The van der Waals surface area contributed by atoms with Gasteiger partial charge in [0.1, 0.15) is 60.4 Å². The molecule has 0 aliphatic rings. The number of primary amides is 1. The molecule has 3 rings (SSSR count). The van der Waals surface area contributed by atoms with Crippen LogP contribution in [0, 0.1) is 17.8 Å². The maximum Gasteiger partial charge on any atom is 0.305 e. The van der Waals surface area contributed by atoms with Crippen molar-refractivity contribution in [1.29, 1.82) is 0 Å². The highest BCUT2D eigenvalue weighted by Gasteiger charge is 2.37. The van der Waals surface area contributed by atoms with Crippen LogP contribution in [0.25, 0.3) is 10.9 Å². The molecule has 37 heteroatoms. The van der Waals surface area contributed by atoms with Crippen molar-refractivity contribution in [2.45, 2.75) is 167 Å². The summed E-state index contributed by atoms with van der Waals surface area (Å²) in [5, 5.41) is 69.7. The molecule has 0 aliphatic carbocycles. The molecule has 0 fully saturated rings. The Morgan fingerprint density at radius 1 is 0.546 bits per heavy atom. The van der Waals surface area contributed by atoms with Crippen molar-refractivity contribution < 1.29 is 87.5 Å². The molecule has 37 nitrogen and oxygen atoms in total. The van der Waals surface area contributed by atoms with E-state index in [0.717, 1.165) is 12.4 Å². The fourth-order valence-electron chi connectivity index (χ4n) is 9.65. The van der Waals surface area contributed by atoms with Crippen molar-refractivity contribution in [2.24, 2.45) is 39.9 Å². The summed E-state index contributed by atoms with van der Waals surface area (Å²) < 4.78 is 0. The average Bonchev–Trinajstić information content (AvgIpc) is 1.69. The molecule has 0 spiro atoms. The first-order valence-electron chi connectivity index (χ1n) is 31.2. The number of nitrogens with two attached hydrogens (primary N) is 3. The number of aliphatic hydroxyl groups is 3. The molecule has 24 N–H and O–H groups in total. The lowest BCUT2D eigenvalue weighted by Crippen LogP contribution is -2.62. The number of amides is 13. The molecule has 11 atom stereocenters. The van der Waals surface area contributed by atoms with E-state index in [-0.39, 0.29) is 62.9 Å². The lowest BCUT2D eigenvalue weighted by molar-refractivity contribution is -0.142. The number of fused-ring (bicyclic) bond motifs is 1. The summed E-state index contributed by atoms with van der Waals surface area (Å²) in [5.41, 5.74) is 18.2. The van der Waals surface area contributed by atoms with Crippen LogP contribution in [0.5, 0.6) is 0 Å². The number of aliphatic carboxylic acids is 1. The Hall–Kier alpha value is -10.3. The minimum atomic E-state index is -2.02. The van der Waals surface area contributed by atoms with E-state index in [1.54, 1.807) is 72.0 Å². The highest BCUT2D eigenvalue weighted by Crippen LogP contribution is 2.20. The molecule has 2 aromatic heterocycles. The van der Waals surface area contributed by atoms with Gasteiger partial charge < -0.3 is 111 Å². The second-order valence-electron chi connectivity index (χ2n) is 24.1. The zero-order chi connectivity index (χ0) is 72.8. The summed E-state index contributed by atoms with van der Waals surface area (Å²) in [6.45, 7) is 8.40. The van der Waals surface area contributed by atoms with Crippen LogP contribution in [-0.2, 0) is 80.0 Å². The van der Waals surface area contributed by atoms with Gasteiger partial charge >= 0.3 is 5.97 Å². The molecule has 0 saturated heterocycles. The fraction of sp³-hybridized carbons (Fsp3) is 0.567. The second kappa shape index (κ2) is 40.2. The van der Waals surface area contributed by atoms with Crippen molar-refractivity contribution in [3.8, 4) is 0 Å². The summed E-state index contributed by atoms with van der Waals surface area (Å²) in [6, 6.07) is -8.46. The van der Waals surface area contributed by atoms with Crippen LogP contribution in [0.1, 0.15) is 98.8 Å². The smallest absolute Gasteiger partial charge is 0.305 e. The first-order chi connectivity index (χ1) is 45.6. The molecule has 0 unspecified atom stereocenters. The number of carbonyl (C=O) groups is 14. The van der Waals surface area contributed by atoms with Gasteiger partial charge in [-0.1, -0.05) is 59.7 Å². The molecule has 536 valence electrons. The van der Waals surface area contributed by atoms with Crippen LogP contribution in [0.4, 0.5) is 0 Å². The number of aliphatic hydroxyl groups excluding tert-OH is 3. The Kier molecular flexibility index (Phi) is 33.5. The third-order valence-electron chi connectivity index (χ3n) is 14.5. The second-order valence-corrected chi connectivity index (χ2v) is 24.1. The number of para-hydroxylation sites is 1. The molecule has 0 saturated carbocycles. The predicted molar refractivity (Wildman–Crippen MR) is 346 cm³/mol. The molecular formula is C60H93N19O18. The molecule has 0 radical (unpaired) electrons. The minimum absolute atomic E-state index is 0.00766. The Bertz CT molecular complexity index is 3240. The van der Waals surface area contributed by atoms with Gasteiger partial charge in [-0.3, -0.25) is 72.1 Å². The third-order valence-corrected chi connectivity index (χ3v) is 14.5. The molecule has 0 aliphatic heterocycles. The lowest BCUT2D eigenvalue weighted by atomic mass is 10.0. The number of aliphatic imine (C=N–C) groups is 1. The number of benzene rings is 1. The number of nitrogens with zero attached hydrogens (tertiary/aromatic N) is 2. The van der Waals surface area contributed by atoms with Gasteiger partial charge in [-0.15, -0.1) is 0 Å². The van der Waals surface area contributed by atoms with Gasteiger partial charge in [-0.2, -0.15) is 0 Å². The van der Waals surface area contributed by atoms with Crippen LogP contribution in [-0.4, -0.2) is 223 Å². The summed E-state index contributed by atoms with van der Waals surface area (Å²) in [7, 11) is 0. The van der Waals surface area contributed by atoms with Gasteiger partial charge in [0.05, 0.1) is 45.2 Å². The number of rotatable bonds is 42. The number of hydrogen-bond donors (Lipinski definition) is 21. The molecule has 0 bridgehead atoms. The van der Waals surface area contributed by atoms with Crippen LogP contribution in [0.2, 0.25) is 0 Å². The maximum absolute atomic E-state index is 14.4. The Labute approximate surface area is 558 Å². The number of carbonyl (C=O) groups excluding carboxylic acids is 13. The molecule has 2 heterocycles. The quantitative estimate of drug-likeness (QED) is 0.0142. The van der Waals surface area contributed by atoms with Crippen LogP contribution < -0.4 is 81.0 Å². The van der Waals surface area contributed by atoms with Crippen molar-refractivity contribution >= 4 is 99.6 Å². The fourth-order valence-corrected chi connectivity index (χ4v) is 9.65. The van der Waals surface area contributed by atoms with Gasteiger partial charge in [-0.25, -0.2) is 4.98 Å². The Morgan fingerprint density at radius 2 is 1.02 bits per heavy atom. The minimum Gasteiger partial charge on any atom is -0.481 e. The summed E-state index contributed by atoms with van der Waals surface area (Å²) >= 11 is 0. The van der Waals surface area contributed by atoms with Crippen molar-refractivity contribution in [2.75, 3.05) is 32.8 Å². The van der Waals surface area contributed by atoms with Crippen molar-refractivity contribution in [1.82, 2.24) is 78.8 Å². The average molecular weight is 1370 g/mol. The van der Waals surface area contributed by atoms with E-state index in [9.17, 15) is 87.5 Å². The van der Waals surface area contributed by atoms with E-state index in [0.29, 0.717) is 16.6 Å². The largest absolute Gasteiger partial charge is 0.481 e. The number of nitrogens with one attached hydrogen (secondary N) is 14. The number of hydrogen-bond acceptors (Lipinski definition) is 19. The van der Waals surface area contributed by atoms with Gasteiger partial charge in [0, 0.05) is 55.3 Å². The number of H-pyrrole nitrogens is 2. The van der Waals surface area contributed by atoms with Crippen LogP contribution in [0.15, 0.2) is 48.0 Å². The highest BCUT2D eigenvalue weighted by atomic mass is 16.4. The maximum atomic E-state index is 14.4. The summed E-state index contributed by atoms with van der Waals surface area (Å²) in [6.07, 6.45) is 1.10. The van der Waals surface area contributed by atoms with Gasteiger partial charge in [0.15, 0.2) is 5.96 Å². The van der Waals surface area contributed by atoms with E-state index >= 15 is 0 Å². The number of imidazole rings is 1. The standard InChI is InChI=1S/C60H93N19O18/c1-28(2)16-38(52(90)68-24-46(85)72-43(25-80)58(96)78-48(30(5)6)50(61)88)74-57(95)44(26-81)77-59(97)49(31(7)82)79-56(94)42(20-47(86)87)76-53(91)39(17-29(3)4)71-45(84)23-67-51(89)37(14-11-15-65-60(62)63)73-54(92)40(18-33-21-66-36-13-10-9-12-35(33)36)75-55(93)41(70-32(8)83)19-34-22-64-27-69-34/h9-10,12-13,21-22,27-31,37-44,48-49,66,80-82H,11,14-20,23-26H2,1-8H3,(H2,61,88)(H,64,69)(H,67,89)(H,68,90)(H,70,83)(H,71,84)(H,72,85)(H,73,92)(H,74,95)(H,75,93)(H,76,91)(H,77,97)(H,78,96)(H,79,94)(H,86,87)(H4,62,63,65)/t31-,37+,38+,39+,40+,41+,42+,43+,44+,48+,49+/m1/s1. The van der Waals surface area contributed by atoms with E-state index in [4.69, 9.17) is 17.2 Å². The molecule has 97 heavy (non-hydrogen) atoms. The Balaban J connectivity index is 1.78. The van der Waals surface area contributed by atoms with E-state index in [1.165, 1.54) is 19.4 Å². The highest BCUT2D eigenvalue weighted by molar-refractivity contribution is 6.00. The zero-order valence-electron chi connectivity index (χ0n) is 55.2.